The van der Waals surface area contributed by atoms with Crippen LogP contribution in [0.3, 0.4) is 0 Å². The minimum absolute atomic E-state index is 0.158. The number of hydrogen-bond acceptors (Lipinski definition) is 11. The number of nitrogens with two attached hydrogens (primary N) is 1. The van der Waals surface area contributed by atoms with Crippen LogP contribution in [0.1, 0.15) is 32.6 Å². The number of rotatable bonds is 29. The number of anilines is 1. The topological polar surface area (TPSA) is 126 Å². The van der Waals surface area contributed by atoms with Gasteiger partial charge in [0.2, 0.25) is 0 Å². The van der Waals surface area contributed by atoms with Gasteiger partial charge in [-0.05, 0) is 18.6 Å². The fourth-order valence-corrected chi connectivity index (χ4v) is 3.05. The predicted molar refractivity (Wildman–Crippen MR) is 147 cm³/mol. The molecule has 0 saturated carbocycles. The van der Waals surface area contributed by atoms with Crippen LogP contribution >= 0.6 is 0 Å². The number of para-hydroxylation sites is 2. The first-order valence-corrected chi connectivity index (χ1v) is 13.9. The molecule has 0 bridgehead atoms. The Bertz CT molecular complexity index is 679. The summed E-state index contributed by atoms with van der Waals surface area (Å²) in [6.45, 7) is 9.56. The zero-order valence-corrected chi connectivity index (χ0v) is 23.6. The molecule has 0 unspecified atom stereocenters. The van der Waals surface area contributed by atoms with Crippen molar-refractivity contribution in [2.24, 2.45) is 0 Å². The Hall–Kier alpha value is -1.99. The van der Waals surface area contributed by atoms with Gasteiger partial charge >= 0.3 is 5.97 Å². The number of carbonyl (C=O) groups excluding carboxylic acids is 1. The number of nitrogen functional groups attached to an aromatic ring is 1. The number of hydrogen-bond donors (Lipinski definition) is 1. The van der Waals surface area contributed by atoms with Crippen molar-refractivity contribution in [3.05, 3.63) is 24.3 Å². The van der Waals surface area contributed by atoms with Crippen LogP contribution in [-0.2, 0) is 42.7 Å². The highest BCUT2D eigenvalue weighted by Gasteiger charge is 2.02. The van der Waals surface area contributed by atoms with Gasteiger partial charge in [0.25, 0.3) is 0 Å². The van der Waals surface area contributed by atoms with E-state index in [4.69, 9.17) is 48.4 Å². The maximum atomic E-state index is 11.4. The minimum atomic E-state index is -0.158. The van der Waals surface area contributed by atoms with Gasteiger partial charge in [0, 0.05) is 6.42 Å². The zero-order chi connectivity index (χ0) is 28.1. The molecule has 0 saturated heterocycles. The van der Waals surface area contributed by atoms with Crippen LogP contribution in [0, 0.1) is 0 Å². The molecule has 0 heterocycles. The molecule has 2 N–H and O–H groups in total. The highest BCUT2D eigenvalue weighted by atomic mass is 16.6. The summed E-state index contributed by atoms with van der Waals surface area (Å²) in [5.41, 5.74) is 6.42. The molecule has 1 aromatic carbocycles. The standard InChI is InChI=1S/C28H49NO10/c1-2-3-4-9-28(30)39-25-23-37-21-19-35-17-15-33-13-11-31-10-12-32-14-16-34-18-20-36-22-24-38-27-8-6-5-7-26(27)29/h5-8H,2-4,9-25,29H2,1H3. The minimum Gasteiger partial charge on any atom is -0.489 e. The molecule has 0 aliphatic rings. The average Bonchev–Trinajstić information content (AvgIpc) is 2.94. The van der Waals surface area contributed by atoms with Crippen molar-refractivity contribution in [3.8, 4) is 5.75 Å². The maximum absolute atomic E-state index is 11.4. The molecular weight excluding hydrogens is 510 g/mol. The molecular formula is C28H49NO10. The normalized spacial score (nSPS) is 11.1. The van der Waals surface area contributed by atoms with Gasteiger partial charge in [-0.3, -0.25) is 4.79 Å². The van der Waals surface area contributed by atoms with Crippen LogP contribution < -0.4 is 10.5 Å². The summed E-state index contributed by atoms with van der Waals surface area (Å²) in [5, 5.41) is 0. The fraction of sp³-hybridized carbons (Fsp3) is 0.750. The summed E-state index contributed by atoms with van der Waals surface area (Å²) in [6, 6.07) is 7.37. The van der Waals surface area contributed by atoms with Crippen molar-refractivity contribution in [1.82, 2.24) is 0 Å². The lowest BCUT2D eigenvalue weighted by atomic mass is 10.2. The fourth-order valence-electron chi connectivity index (χ4n) is 3.05. The van der Waals surface area contributed by atoms with E-state index >= 15 is 0 Å². The molecule has 0 aliphatic carbocycles. The first-order valence-electron chi connectivity index (χ1n) is 13.9. The summed E-state index contributed by atoms with van der Waals surface area (Å²) in [6.07, 6.45) is 3.50. The highest BCUT2D eigenvalue weighted by Crippen LogP contribution is 2.19. The molecule has 0 aromatic heterocycles. The van der Waals surface area contributed by atoms with Crippen LogP contribution in [0.4, 0.5) is 5.69 Å². The zero-order valence-electron chi connectivity index (χ0n) is 23.6. The third-order valence-electron chi connectivity index (χ3n) is 5.11. The van der Waals surface area contributed by atoms with E-state index in [-0.39, 0.29) is 12.6 Å². The number of unbranched alkanes of at least 4 members (excludes halogenated alkanes) is 2. The molecule has 0 fully saturated rings. The van der Waals surface area contributed by atoms with Gasteiger partial charge in [0.1, 0.15) is 19.0 Å². The molecule has 226 valence electrons. The number of ether oxygens (including phenoxy) is 9. The summed E-state index contributed by atoms with van der Waals surface area (Å²) >= 11 is 0. The van der Waals surface area contributed by atoms with Crippen LogP contribution in [0.25, 0.3) is 0 Å². The molecule has 11 nitrogen and oxygen atoms in total. The lowest BCUT2D eigenvalue weighted by Crippen LogP contribution is -2.15. The number of esters is 1. The van der Waals surface area contributed by atoms with E-state index in [0.29, 0.717) is 117 Å². The Kier molecular flexibility index (Phi) is 24.8. The van der Waals surface area contributed by atoms with Gasteiger partial charge in [0.15, 0.2) is 0 Å². The van der Waals surface area contributed by atoms with E-state index in [1.165, 1.54) is 0 Å². The molecule has 39 heavy (non-hydrogen) atoms. The second kappa shape index (κ2) is 27.6. The summed E-state index contributed by atoms with van der Waals surface area (Å²) in [4.78, 5) is 11.4. The monoisotopic (exact) mass is 559 g/mol. The Labute approximate surface area is 233 Å². The van der Waals surface area contributed by atoms with Crippen LogP contribution in [0.5, 0.6) is 5.75 Å². The lowest BCUT2D eigenvalue weighted by molar-refractivity contribution is -0.145. The third kappa shape index (κ3) is 23.6. The van der Waals surface area contributed by atoms with Gasteiger partial charge in [0.05, 0.1) is 98.2 Å². The van der Waals surface area contributed by atoms with Gasteiger partial charge < -0.3 is 48.4 Å². The molecule has 0 aliphatic heterocycles. The second-order valence-corrected chi connectivity index (χ2v) is 8.35. The lowest BCUT2D eigenvalue weighted by Gasteiger charge is -2.09. The van der Waals surface area contributed by atoms with Crippen LogP contribution in [0.15, 0.2) is 24.3 Å². The van der Waals surface area contributed by atoms with E-state index in [2.05, 4.69) is 6.92 Å². The van der Waals surface area contributed by atoms with Crippen molar-refractivity contribution >= 4 is 11.7 Å². The first kappa shape index (κ1) is 35.0. The molecule has 0 spiro atoms. The predicted octanol–water partition coefficient (Wildman–Crippen LogP) is 2.89. The van der Waals surface area contributed by atoms with E-state index < -0.39 is 0 Å². The molecule has 1 aromatic rings. The quantitative estimate of drug-likeness (QED) is 0.0884. The Morgan fingerprint density at radius 1 is 0.590 bits per heavy atom. The molecule has 0 amide bonds. The van der Waals surface area contributed by atoms with Gasteiger partial charge in [-0.2, -0.15) is 0 Å². The number of carbonyl (C=O) groups is 1. The van der Waals surface area contributed by atoms with Crippen molar-refractivity contribution in [2.75, 3.05) is 111 Å². The molecule has 0 atom stereocenters. The summed E-state index contributed by atoms with van der Waals surface area (Å²) < 4.78 is 48.7. The van der Waals surface area contributed by atoms with Gasteiger partial charge in [-0.1, -0.05) is 31.9 Å². The smallest absolute Gasteiger partial charge is 0.305 e. The largest absolute Gasteiger partial charge is 0.489 e. The second-order valence-electron chi connectivity index (χ2n) is 8.35. The van der Waals surface area contributed by atoms with Crippen molar-refractivity contribution in [1.29, 1.82) is 0 Å². The van der Waals surface area contributed by atoms with Gasteiger partial charge in [-0.15, -0.1) is 0 Å². The summed E-state index contributed by atoms with van der Waals surface area (Å²) in [7, 11) is 0. The molecule has 11 heteroatoms. The SMILES string of the molecule is CCCCCC(=O)OCCOCCOCCOCCOCCOCCOCCOCCOc1ccccc1N. The van der Waals surface area contributed by atoms with E-state index in [1.54, 1.807) is 6.07 Å². The van der Waals surface area contributed by atoms with E-state index in [9.17, 15) is 4.79 Å². The Balaban J connectivity index is 1.67. The van der Waals surface area contributed by atoms with E-state index in [0.717, 1.165) is 19.3 Å². The van der Waals surface area contributed by atoms with Crippen LogP contribution in [-0.4, -0.2) is 112 Å². The maximum Gasteiger partial charge on any atom is 0.305 e. The molecule has 0 radical (unpaired) electrons. The van der Waals surface area contributed by atoms with E-state index in [1.807, 2.05) is 18.2 Å². The Morgan fingerprint density at radius 2 is 1.00 bits per heavy atom. The number of benzene rings is 1. The Morgan fingerprint density at radius 3 is 1.44 bits per heavy atom. The average molecular weight is 560 g/mol. The van der Waals surface area contributed by atoms with Crippen molar-refractivity contribution in [2.45, 2.75) is 32.6 Å². The summed E-state index contributed by atoms with van der Waals surface area (Å²) in [5.74, 6) is 0.509. The van der Waals surface area contributed by atoms with Gasteiger partial charge in [-0.25, -0.2) is 0 Å². The first-order chi connectivity index (χ1) is 19.2. The highest BCUT2D eigenvalue weighted by molar-refractivity contribution is 5.69. The molecule has 1 rings (SSSR count). The third-order valence-corrected chi connectivity index (χ3v) is 5.11. The van der Waals surface area contributed by atoms with Crippen molar-refractivity contribution < 1.29 is 47.4 Å². The van der Waals surface area contributed by atoms with Crippen molar-refractivity contribution in [3.63, 3.8) is 0 Å². The van der Waals surface area contributed by atoms with Crippen LogP contribution in [0.2, 0.25) is 0 Å².